The van der Waals surface area contributed by atoms with Crippen molar-refractivity contribution in [3.05, 3.63) is 0 Å². The minimum Gasteiger partial charge on any atom is -0.238 e. The average molecular weight is 328 g/mol. The highest BCUT2D eigenvalue weighted by Gasteiger charge is 2.10. The summed E-state index contributed by atoms with van der Waals surface area (Å²) >= 11 is 6.79. The molecule has 0 aliphatic carbocycles. The largest absolute Gasteiger partial charge is 0.238 e. The van der Waals surface area contributed by atoms with Crippen LogP contribution in [0.25, 0.3) is 0 Å². The summed E-state index contributed by atoms with van der Waals surface area (Å²) in [6, 6.07) is 0. The van der Waals surface area contributed by atoms with Crippen LogP contribution in [0.15, 0.2) is 4.99 Å². The zero-order valence-corrected chi connectivity index (χ0v) is 15.5. The quantitative estimate of drug-likeness (QED) is 0.253. The van der Waals surface area contributed by atoms with E-state index in [-0.39, 0.29) is 0 Å². The smallest absolute Gasteiger partial charge is 0.160 e. The van der Waals surface area contributed by atoms with Gasteiger partial charge in [-0.3, -0.25) is 0 Å². The highest BCUT2D eigenvalue weighted by molar-refractivity contribution is 8.23. The molecule has 0 fully saturated rings. The number of rotatable bonds is 14. The van der Waals surface area contributed by atoms with Crippen LogP contribution in [0, 0.1) is 0 Å². The molecule has 1 aliphatic rings. The van der Waals surface area contributed by atoms with Gasteiger partial charge in [-0.15, -0.1) is 0 Å². The number of nitrogens with zero attached hydrogens (tertiary/aromatic N) is 1. The van der Waals surface area contributed by atoms with Crippen molar-refractivity contribution < 1.29 is 0 Å². The second-order valence-electron chi connectivity index (χ2n) is 6.23. The summed E-state index contributed by atoms with van der Waals surface area (Å²) in [4.78, 5) is 4.39. The van der Waals surface area contributed by atoms with Gasteiger partial charge >= 0.3 is 0 Å². The van der Waals surface area contributed by atoms with E-state index >= 15 is 0 Å². The lowest BCUT2D eigenvalue weighted by Gasteiger charge is -2.03. The van der Waals surface area contributed by atoms with Crippen LogP contribution in [0.4, 0.5) is 0 Å². The Morgan fingerprint density at radius 1 is 0.810 bits per heavy atom. The molecule has 0 atom stereocenters. The fourth-order valence-corrected chi connectivity index (χ4v) is 3.81. The van der Waals surface area contributed by atoms with E-state index in [0.717, 1.165) is 10.1 Å². The molecule has 1 heterocycles. The molecule has 21 heavy (non-hydrogen) atoms. The van der Waals surface area contributed by atoms with Crippen molar-refractivity contribution in [3.8, 4) is 0 Å². The van der Waals surface area contributed by atoms with Crippen LogP contribution in [0.3, 0.4) is 0 Å². The van der Waals surface area contributed by atoms with Gasteiger partial charge in [-0.1, -0.05) is 108 Å². The minimum absolute atomic E-state index is 0.847. The van der Waals surface area contributed by atoms with Gasteiger partial charge in [0.1, 0.15) is 0 Å². The predicted octanol–water partition coefficient (Wildman–Crippen LogP) is 6.94. The lowest BCUT2D eigenvalue weighted by atomic mass is 10.0. The molecule has 1 rings (SSSR count). The Morgan fingerprint density at radius 3 is 1.71 bits per heavy atom. The molecule has 1 nitrogen and oxygen atoms in total. The molecule has 0 aromatic carbocycles. The lowest BCUT2D eigenvalue weighted by molar-refractivity contribution is 0.541. The van der Waals surface area contributed by atoms with Crippen molar-refractivity contribution in [2.45, 2.75) is 96.8 Å². The number of hydrogen-bond acceptors (Lipinski definition) is 2. The van der Waals surface area contributed by atoms with E-state index in [1.165, 1.54) is 95.6 Å². The standard InChI is InChI=1S/C18H33NS2/c1-2-3-4-5-6-7-8-9-10-11-12-13-14-15-17-16-21-18(20)19-17/h2-16H2,1H3. The first-order valence-corrected chi connectivity index (χ1v) is 10.5. The third kappa shape index (κ3) is 11.3. The summed E-state index contributed by atoms with van der Waals surface area (Å²) in [5, 5.41) is 0. The highest BCUT2D eigenvalue weighted by atomic mass is 32.2. The minimum atomic E-state index is 0.847. The maximum atomic E-state index is 5.07. The Kier molecular flexibility index (Phi) is 12.5. The molecular weight excluding hydrogens is 294 g/mol. The van der Waals surface area contributed by atoms with Crippen LogP contribution in [-0.4, -0.2) is 15.8 Å². The maximum absolute atomic E-state index is 5.07. The molecule has 0 N–H and O–H groups in total. The van der Waals surface area contributed by atoms with Gasteiger partial charge in [0.05, 0.1) is 0 Å². The second-order valence-corrected chi connectivity index (χ2v) is 7.83. The van der Waals surface area contributed by atoms with E-state index in [2.05, 4.69) is 11.9 Å². The Balaban J connectivity index is 1.73. The van der Waals surface area contributed by atoms with E-state index < -0.39 is 0 Å². The van der Waals surface area contributed by atoms with Crippen LogP contribution in [0.1, 0.15) is 96.8 Å². The molecule has 0 radical (unpaired) electrons. The summed E-state index contributed by atoms with van der Waals surface area (Å²) in [5.41, 5.74) is 1.33. The molecule has 0 aromatic heterocycles. The molecular formula is C18H33NS2. The van der Waals surface area contributed by atoms with Crippen molar-refractivity contribution in [2.24, 2.45) is 4.99 Å². The summed E-state index contributed by atoms with van der Waals surface area (Å²) < 4.78 is 0.847. The third-order valence-corrected chi connectivity index (χ3v) is 5.44. The van der Waals surface area contributed by atoms with E-state index in [1.807, 2.05) is 0 Å². The van der Waals surface area contributed by atoms with Gasteiger partial charge in [0.15, 0.2) is 4.32 Å². The van der Waals surface area contributed by atoms with Crippen LogP contribution < -0.4 is 0 Å². The molecule has 0 unspecified atom stereocenters. The first kappa shape index (κ1) is 19.2. The molecule has 122 valence electrons. The van der Waals surface area contributed by atoms with Crippen molar-refractivity contribution in [3.63, 3.8) is 0 Å². The van der Waals surface area contributed by atoms with Crippen molar-refractivity contribution in [2.75, 3.05) is 5.75 Å². The van der Waals surface area contributed by atoms with Crippen LogP contribution >= 0.6 is 24.0 Å². The van der Waals surface area contributed by atoms with Gasteiger partial charge in [-0.05, 0) is 12.8 Å². The number of aliphatic imine (C=N–C) groups is 1. The predicted molar refractivity (Wildman–Crippen MR) is 103 cm³/mol. The molecule has 0 amide bonds. The first-order valence-electron chi connectivity index (χ1n) is 9.06. The number of hydrogen-bond donors (Lipinski definition) is 0. The van der Waals surface area contributed by atoms with E-state index in [1.54, 1.807) is 11.8 Å². The van der Waals surface area contributed by atoms with E-state index in [0.29, 0.717) is 0 Å². The first-order chi connectivity index (χ1) is 10.3. The Hall–Kier alpha value is 0.110. The molecule has 0 saturated carbocycles. The summed E-state index contributed by atoms with van der Waals surface area (Å²) in [6.45, 7) is 2.29. The number of thiocarbonyl (C=S) groups is 1. The van der Waals surface area contributed by atoms with E-state index in [4.69, 9.17) is 12.2 Å². The Labute approximate surface area is 141 Å². The third-order valence-electron chi connectivity index (χ3n) is 4.18. The summed E-state index contributed by atoms with van der Waals surface area (Å²) in [6.07, 6.45) is 19.6. The molecule has 0 spiro atoms. The summed E-state index contributed by atoms with van der Waals surface area (Å²) in [5.74, 6) is 1.05. The van der Waals surface area contributed by atoms with Gasteiger partial charge < -0.3 is 0 Å². The van der Waals surface area contributed by atoms with Crippen LogP contribution in [0.2, 0.25) is 0 Å². The van der Waals surface area contributed by atoms with Crippen molar-refractivity contribution in [1.29, 1.82) is 0 Å². The molecule has 0 aromatic rings. The fraction of sp³-hybridized carbons (Fsp3) is 0.889. The molecule has 1 aliphatic heterocycles. The molecule has 0 saturated heterocycles. The Morgan fingerprint density at radius 2 is 1.29 bits per heavy atom. The van der Waals surface area contributed by atoms with Gasteiger partial charge in [-0.25, -0.2) is 4.99 Å². The second kappa shape index (κ2) is 13.8. The fourth-order valence-electron chi connectivity index (χ4n) is 2.81. The van der Waals surface area contributed by atoms with Gasteiger partial charge in [0, 0.05) is 11.5 Å². The monoisotopic (exact) mass is 327 g/mol. The lowest BCUT2D eigenvalue weighted by Crippen LogP contribution is -1.96. The van der Waals surface area contributed by atoms with Crippen LogP contribution in [-0.2, 0) is 0 Å². The van der Waals surface area contributed by atoms with Gasteiger partial charge in [0.2, 0.25) is 0 Å². The zero-order valence-electron chi connectivity index (χ0n) is 13.9. The average Bonchev–Trinajstić information content (AvgIpc) is 2.89. The normalized spacial score (nSPS) is 14.7. The molecule has 3 heteroatoms. The van der Waals surface area contributed by atoms with Crippen molar-refractivity contribution in [1.82, 2.24) is 0 Å². The molecule has 0 bridgehead atoms. The maximum Gasteiger partial charge on any atom is 0.160 e. The van der Waals surface area contributed by atoms with Crippen LogP contribution in [0.5, 0.6) is 0 Å². The number of thioether (sulfide) groups is 1. The number of unbranched alkanes of at least 4 members (excludes halogenated alkanes) is 12. The SMILES string of the molecule is CCCCCCCCCCCCCCCC1=NC(=S)SC1. The van der Waals surface area contributed by atoms with Crippen molar-refractivity contribution >= 4 is 34.0 Å². The van der Waals surface area contributed by atoms with Gasteiger partial charge in [0.25, 0.3) is 0 Å². The Bertz CT molecular complexity index is 300. The van der Waals surface area contributed by atoms with E-state index in [9.17, 15) is 0 Å². The zero-order chi connectivity index (χ0) is 15.2. The topological polar surface area (TPSA) is 12.4 Å². The highest BCUT2D eigenvalue weighted by Crippen LogP contribution is 2.18. The van der Waals surface area contributed by atoms with Gasteiger partial charge in [-0.2, -0.15) is 0 Å². The summed E-state index contributed by atoms with van der Waals surface area (Å²) in [7, 11) is 0.